The van der Waals surface area contributed by atoms with Gasteiger partial charge in [0.25, 0.3) is 0 Å². The molecule has 4 aliphatic heterocycles. The minimum atomic E-state index is -2.34. The number of aliphatic imine (C=N–C) groups is 4. The van der Waals surface area contributed by atoms with E-state index < -0.39 is 104 Å². The summed E-state index contributed by atoms with van der Waals surface area (Å²) in [6.45, 7) is 0. The standard InChI is InChI=1S/2C31H19F5N2O4.Zn/c2*1-41-18-7-3-15(4-8-18)30(39)17-13-22(37-14-17)23(24-25(32)27(34)29(36)28(35)26(24)33)20-11-12-21(38-20)31(40)16-5-9-19(42-2)10-6-16;/h2*3-14,39H,1-2H3;/q;;+2/p-2/b2*23-20+,30-17-;. The molecular formula is C62H36F10N4O8Zn. The van der Waals surface area contributed by atoms with Gasteiger partial charge in [-0.3, -0.25) is 19.6 Å². The molecule has 0 spiro atoms. The van der Waals surface area contributed by atoms with Crippen molar-refractivity contribution in [3.8, 4) is 23.0 Å². The number of hydrogen-bond donors (Lipinski definition) is 0. The molecular weight excluding hydrogens is 1180 g/mol. The zero-order valence-electron chi connectivity index (χ0n) is 44.4. The molecule has 6 aromatic carbocycles. The molecule has 23 heteroatoms. The Kier molecular flexibility index (Phi) is 18.4. The molecule has 0 aliphatic carbocycles. The molecule has 424 valence electrons. The van der Waals surface area contributed by atoms with Crippen LogP contribution in [0.5, 0.6) is 23.0 Å². The summed E-state index contributed by atoms with van der Waals surface area (Å²) >= 11 is 0. The fourth-order valence-corrected chi connectivity index (χ4v) is 8.52. The van der Waals surface area contributed by atoms with Crippen LogP contribution in [0.25, 0.3) is 22.7 Å². The van der Waals surface area contributed by atoms with Crippen molar-refractivity contribution in [3.63, 3.8) is 0 Å². The maximum absolute atomic E-state index is 15.1. The number of allylic oxidation sites excluding steroid dienone is 10. The molecule has 0 bridgehead atoms. The summed E-state index contributed by atoms with van der Waals surface area (Å²) in [5, 5.41) is 26.1. The Hall–Kier alpha value is -10.0. The second-order valence-corrected chi connectivity index (χ2v) is 17.8. The maximum atomic E-state index is 15.1. The number of carbonyl (C=O) groups excluding carboxylic acids is 2. The van der Waals surface area contributed by atoms with E-state index in [-0.39, 0.29) is 87.1 Å². The maximum Gasteiger partial charge on any atom is 2.00 e. The van der Waals surface area contributed by atoms with Crippen molar-refractivity contribution in [2.24, 2.45) is 20.0 Å². The third-order valence-electron chi connectivity index (χ3n) is 12.9. The van der Waals surface area contributed by atoms with E-state index >= 15 is 17.6 Å². The molecule has 4 aliphatic rings. The van der Waals surface area contributed by atoms with Crippen molar-refractivity contribution >= 4 is 58.1 Å². The van der Waals surface area contributed by atoms with Gasteiger partial charge >= 0.3 is 19.5 Å². The van der Waals surface area contributed by atoms with Crippen molar-refractivity contribution in [3.05, 3.63) is 259 Å². The van der Waals surface area contributed by atoms with E-state index in [1.54, 1.807) is 48.5 Å². The van der Waals surface area contributed by atoms with Crippen LogP contribution in [0.3, 0.4) is 0 Å². The molecule has 85 heavy (non-hydrogen) atoms. The molecule has 0 saturated heterocycles. The largest absolute Gasteiger partial charge is 2.00 e. The van der Waals surface area contributed by atoms with Crippen molar-refractivity contribution in [1.29, 1.82) is 0 Å². The van der Waals surface area contributed by atoms with Crippen LogP contribution in [0, 0.1) is 58.2 Å². The number of nitrogens with zero attached hydrogens (tertiary/aromatic N) is 4. The van der Waals surface area contributed by atoms with Crippen LogP contribution in [0.1, 0.15) is 43.0 Å². The summed E-state index contributed by atoms with van der Waals surface area (Å²) in [6, 6.07) is 24.2. The first kappa shape index (κ1) is 61.1. The summed E-state index contributed by atoms with van der Waals surface area (Å²) in [5.74, 6) is -22.1. The van der Waals surface area contributed by atoms with Gasteiger partial charge in [-0.15, -0.1) is 0 Å². The molecule has 0 unspecified atom stereocenters. The number of hydrogen-bond acceptors (Lipinski definition) is 12. The number of rotatable bonds is 14. The number of ether oxygens (including phenoxy) is 4. The zero-order valence-corrected chi connectivity index (χ0v) is 47.4. The first-order valence-corrected chi connectivity index (χ1v) is 24.4. The van der Waals surface area contributed by atoms with Gasteiger partial charge in [0.2, 0.25) is 23.2 Å². The molecule has 0 radical (unpaired) electrons. The molecule has 10 rings (SSSR count). The SMILES string of the molecule is COc1ccc(C(=O)C2=N/C(=C(C3=C/C(=C(/[O-])c4ccc(OC)cc4)C=N3)/c3c(F)c(F)c(F)c(F)c3F)C=C2)cc1.COc1ccc(C(=O)C2=N/C(=C(C3=C/C(=C(/[O-])c4ccc(OC)cc4)C=N3)/c3c(F)c(F)c(F)c(F)c3F)C=C2)cc1.[Zn+2]. The molecule has 0 atom stereocenters. The summed E-state index contributed by atoms with van der Waals surface area (Å²) in [5.41, 5.74) is -4.60. The minimum Gasteiger partial charge on any atom is -0.872 e. The minimum absolute atomic E-state index is 0. The van der Waals surface area contributed by atoms with Crippen LogP contribution in [-0.2, 0) is 19.5 Å². The molecule has 0 fully saturated rings. The fraction of sp³-hybridized carbons (Fsp3) is 0.0645. The number of carbonyl (C=O) groups is 2. The summed E-state index contributed by atoms with van der Waals surface area (Å²) < 4.78 is 165. The van der Waals surface area contributed by atoms with E-state index in [1.807, 2.05) is 0 Å². The van der Waals surface area contributed by atoms with Crippen LogP contribution < -0.4 is 29.2 Å². The summed E-state index contributed by atoms with van der Waals surface area (Å²) in [6.07, 6.45) is 9.31. The average molecular weight is 1220 g/mol. The van der Waals surface area contributed by atoms with Gasteiger partial charge in [0, 0.05) is 34.7 Å². The Balaban J connectivity index is 0.000000219. The van der Waals surface area contributed by atoms with E-state index in [1.165, 1.54) is 101 Å². The van der Waals surface area contributed by atoms with Crippen molar-refractivity contribution in [2.45, 2.75) is 0 Å². The number of ketones is 2. The number of halogens is 10. The monoisotopic (exact) mass is 1220 g/mol. The number of benzene rings is 6. The van der Waals surface area contributed by atoms with Crippen LogP contribution in [0.15, 0.2) is 187 Å². The predicted octanol–water partition coefficient (Wildman–Crippen LogP) is 11.5. The van der Waals surface area contributed by atoms with E-state index in [0.29, 0.717) is 23.0 Å². The normalized spacial score (nSPS) is 16.2. The van der Waals surface area contributed by atoms with Crippen molar-refractivity contribution < 1.29 is 102 Å². The van der Waals surface area contributed by atoms with Crippen LogP contribution in [-0.4, -0.2) is 63.9 Å². The third kappa shape index (κ3) is 12.1. The van der Waals surface area contributed by atoms with Gasteiger partial charge in [-0.05, 0) is 132 Å². The first-order valence-electron chi connectivity index (χ1n) is 24.4. The van der Waals surface area contributed by atoms with Gasteiger partial charge in [0.15, 0.2) is 46.5 Å². The molecule has 0 N–H and O–H groups in total. The molecule has 12 nitrogen and oxygen atoms in total. The summed E-state index contributed by atoms with van der Waals surface area (Å²) in [7, 11) is 5.81. The van der Waals surface area contributed by atoms with Crippen LogP contribution in [0.4, 0.5) is 43.9 Å². The van der Waals surface area contributed by atoms with Gasteiger partial charge in [0.05, 0.1) is 62.4 Å². The van der Waals surface area contributed by atoms with Gasteiger partial charge in [0.1, 0.15) is 34.4 Å². The van der Waals surface area contributed by atoms with E-state index in [9.17, 15) is 46.1 Å². The van der Waals surface area contributed by atoms with Gasteiger partial charge < -0.3 is 29.2 Å². The third-order valence-corrected chi connectivity index (χ3v) is 12.9. The second-order valence-electron chi connectivity index (χ2n) is 17.8. The topological polar surface area (TPSA) is 167 Å². The van der Waals surface area contributed by atoms with E-state index in [0.717, 1.165) is 24.6 Å². The van der Waals surface area contributed by atoms with E-state index in [2.05, 4.69) is 20.0 Å². The summed E-state index contributed by atoms with van der Waals surface area (Å²) in [4.78, 5) is 42.5. The Bertz CT molecular complexity index is 3820. The molecule has 4 heterocycles. The molecule has 0 aromatic heterocycles. The molecule has 6 aromatic rings. The Morgan fingerprint density at radius 1 is 0.376 bits per heavy atom. The quantitative estimate of drug-likeness (QED) is 0.0259. The predicted molar refractivity (Wildman–Crippen MR) is 287 cm³/mol. The Labute approximate surface area is 488 Å². The molecule has 0 saturated carbocycles. The van der Waals surface area contributed by atoms with Crippen molar-refractivity contribution in [2.75, 3.05) is 28.4 Å². The Morgan fingerprint density at radius 2 is 0.635 bits per heavy atom. The van der Waals surface area contributed by atoms with Crippen LogP contribution >= 0.6 is 0 Å². The smallest absolute Gasteiger partial charge is 0.872 e. The van der Waals surface area contributed by atoms with Crippen molar-refractivity contribution in [1.82, 2.24) is 0 Å². The zero-order chi connectivity index (χ0) is 60.3. The van der Waals surface area contributed by atoms with Gasteiger partial charge in [-0.25, -0.2) is 53.9 Å². The average Bonchev–Trinajstić information content (AvgIpc) is 4.61. The Morgan fingerprint density at radius 3 is 0.906 bits per heavy atom. The van der Waals surface area contributed by atoms with E-state index in [4.69, 9.17) is 18.9 Å². The molecule has 0 amide bonds. The van der Waals surface area contributed by atoms with Gasteiger partial charge in [-0.1, -0.05) is 35.8 Å². The number of Topliss-reactive ketones (excluding diaryl/α,β-unsaturated/α-hetero) is 2. The van der Waals surface area contributed by atoms with Crippen LogP contribution in [0.2, 0.25) is 0 Å². The fourth-order valence-electron chi connectivity index (χ4n) is 8.52. The number of methoxy groups -OCH3 is 4. The first-order chi connectivity index (χ1) is 40.3. The van der Waals surface area contributed by atoms with Gasteiger partial charge in [-0.2, -0.15) is 0 Å². The second kappa shape index (κ2) is 25.6.